The predicted octanol–water partition coefficient (Wildman–Crippen LogP) is 4.25. The van der Waals surface area contributed by atoms with Crippen LogP contribution in [0, 0.1) is 12.7 Å². The molecule has 0 saturated carbocycles. The number of halogens is 1. The number of aromatic nitrogens is 3. The molecule has 1 unspecified atom stereocenters. The molecular weight excluding hydrogens is 483 g/mol. The fraction of sp³-hybridized carbons (Fsp3) is 0.207. The first-order valence-electron chi connectivity index (χ1n) is 12.5. The van der Waals surface area contributed by atoms with Crippen LogP contribution in [0.4, 0.5) is 27.4 Å². The second-order valence-corrected chi connectivity index (χ2v) is 10.1. The summed E-state index contributed by atoms with van der Waals surface area (Å²) in [5.74, 6) is 0.461. The molecule has 1 spiro atoms. The van der Waals surface area contributed by atoms with E-state index >= 15 is 0 Å². The number of carbonyl (C=O) groups is 2. The van der Waals surface area contributed by atoms with E-state index in [1.807, 2.05) is 30.3 Å². The molecule has 7 rings (SSSR count). The molecule has 4 heterocycles. The van der Waals surface area contributed by atoms with Crippen LogP contribution >= 0.6 is 0 Å². The molecule has 3 aliphatic rings. The molecule has 2 amide bonds. The molecule has 0 fully saturated rings. The number of hydrogen-bond acceptors (Lipinski definition) is 6. The lowest BCUT2D eigenvalue weighted by molar-refractivity contribution is -0.120. The first kappa shape index (κ1) is 22.5. The van der Waals surface area contributed by atoms with Crippen LogP contribution in [-0.2, 0) is 29.5 Å². The fourth-order valence-electron chi connectivity index (χ4n) is 5.92. The third-order valence-corrected chi connectivity index (χ3v) is 7.84. The van der Waals surface area contributed by atoms with Crippen molar-refractivity contribution in [3.8, 4) is 0 Å². The van der Waals surface area contributed by atoms with Gasteiger partial charge in [-0.1, -0.05) is 18.2 Å². The average Bonchev–Trinajstić information content (AvgIpc) is 3.58. The fourth-order valence-corrected chi connectivity index (χ4v) is 5.92. The van der Waals surface area contributed by atoms with E-state index in [9.17, 15) is 14.0 Å². The van der Waals surface area contributed by atoms with E-state index < -0.39 is 5.41 Å². The standard InChI is InChI=1S/C29H23FN6O2/c1-16-9-17-6-8-36(24(17)11-22(16)30)27(37)23-12-25(33-15-32-23)34-20-5-4-18-13-29(14-19(18)10-20)21-3-2-7-31-26(21)35-28(29)38/h2-5,7,9-12,15H,6,8,13-14H2,1H3,(H,31,35,38)(H,32,33,34). The maximum Gasteiger partial charge on any atom is 0.277 e. The van der Waals surface area contributed by atoms with Crippen molar-refractivity contribution in [2.75, 3.05) is 22.1 Å². The first-order chi connectivity index (χ1) is 18.4. The van der Waals surface area contributed by atoms with Gasteiger partial charge < -0.3 is 15.5 Å². The van der Waals surface area contributed by atoms with Gasteiger partial charge >= 0.3 is 0 Å². The van der Waals surface area contributed by atoms with E-state index in [0.717, 1.165) is 27.9 Å². The molecule has 4 aromatic rings. The zero-order valence-electron chi connectivity index (χ0n) is 20.6. The number of hydrogen-bond donors (Lipinski definition) is 2. The molecule has 188 valence electrons. The summed E-state index contributed by atoms with van der Waals surface area (Å²) in [6, 6.07) is 14.7. The number of pyridine rings is 1. The van der Waals surface area contributed by atoms with Crippen LogP contribution in [-0.4, -0.2) is 33.3 Å². The van der Waals surface area contributed by atoms with E-state index in [-0.39, 0.29) is 23.3 Å². The van der Waals surface area contributed by atoms with E-state index in [1.54, 1.807) is 30.2 Å². The molecule has 0 saturated heterocycles. The molecule has 2 aromatic heterocycles. The Labute approximate surface area is 218 Å². The predicted molar refractivity (Wildman–Crippen MR) is 140 cm³/mol. The van der Waals surface area contributed by atoms with Crippen molar-refractivity contribution in [1.82, 2.24) is 15.0 Å². The number of benzene rings is 2. The Kier molecular flexibility index (Phi) is 4.85. The van der Waals surface area contributed by atoms with Crippen molar-refractivity contribution in [2.45, 2.75) is 31.6 Å². The summed E-state index contributed by atoms with van der Waals surface area (Å²) < 4.78 is 14.2. The van der Waals surface area contributed by atoms with Crippen LogP contribution in [0.5, 0.6) is 0 Å². The third kappa shape index (κ3) is 3.38. The normalized spacial score (nSPS) is 18.8. The van der Waals surface area contributed by atoms with Crippen LogP contribution in [0.2, 0.25) is 0 Å². The highest BCUT2D eigenvalue weighted by Crippen LogP contribution is 2.47. The molecule has 1 atom stereocenters. The van der Waals surface area contributed by atoms with Gasteiger partial charge in [0.15, 0.2) is 0 Å². The summed E-state index contributed by atoms with van der Waals surface area (Å²) in [4.78, 5) is 40.6. The Bertz CT molecular complexity index is 1670. The largest absolute Gasteiger partial charge is 0.340 e. The molecule has 2 aliphatic heterocycles. The molecule has 0 radical (unpaired) electrons. The number of carbonyl (C=O) groups excluding carboxylic acids is 2. The number of nitrogens with one attached hydrogen (secondary N) is 2. The quantitative estimate of drug-likeness (QED) is 0.431. The molecule has 8 nitrogen and oxygen atoms in total. The van der Waals surface area contributed by atoms with Crippen LogP contribution < -0.4 is 15.5 Å². The van der Waals surface area contributed by atoms with E-state index in [2.05, 4.69) is 25.6 Å². The van der Waals surface area contributed by atoms with Crippen LogP contribution in [0.25, 0.3) is 0 Å². The van der Waals surface area contributed by atoms with E-state index in [0.29, 0.717) is 48.7 Å². The topological polar surface area (TPSA) is 100 Å². The maximum absolute atomic E-state index is 14.2. The summed E-state index contributed by atoms with van der Waals surface area (Å²) in [6.07, 6.45) is 4.91. The van der Waals surface area contributed by atoms with Crippen molar-refractivity contribution < 1.29 is 14.0 Å². The van der Waals surface area contributed by atoms with Gasteiger partial charge in [-0.2, -0.15) is 0 Å². The summed E-state index contributed by atoms with van der Waals surface area (Å²) in [7, 11) is 0. The van der Waals surface area contributed by atoms with Gasteiger partial charge in [0.25, 0.3) is 5.91 Å². The maximum atomic E-state index is 14.2. The monoisotopic (exact) mass is 506 g/mol. The van der Waals surface area contributed by atoms with Crippen LogP contribution in [0.1, 0.15) is 38.3 Å². The highest BCUT2D eigenvalue weighted by atomic mass is 19.1. The SMILES string of the molecule is Cc1cc2c(cc1F)N(C(=O)c1cc(Nc3ccc4c(c3)CC3(C4)C(=O)Nc4ncccc43)ncn1)CC2. The summed E-state index contributed by atoms with van der Waals surface area (Å²) in [5, 5.41) is 6.20. The van der Waals surface area contributed by atoms with Crippen molar-refractivity contribution in [3.05, 3.63) is 100 Å². The second-order valence-electron chi connectivity index (χ2n) is 10.1. The summed E-state index contributed by atoms with van der Waals surface area (Å²) >= 11 is 0. The smallest absolute Gasteiger partial charge is 0.277 e. The average molecular weight is 507 g/mol. The highest BCUT2D eigenvalue weighted by molar-refractivity contribution is 6.07. The lowest BCUT2D eigenvalue weighted by atomic mass is 9.79. The van der Waals surface area contributed by atoms with Gasteiger partial charge in [0.1, 0.15) is 29.5 Å². The van der Waals surface area contributed by atoms with E-state index in [1.165, 1.54) is 12.4 Å². The van der Waals surface area contributed by atoms with Gasteiger partial charge in [-0.05, 0) is 72.7 Å². The lowest BCUT2D eigenvalue weighted by Crippen LogP contribution is -2.35. The minimum Gasteiger partial charge on any atom is -0.340 e. The minimum absolute atomic E-state index is 0.0191. The van der Waals surface area contributed by atoms with Crippen LogP contribution in [0.15, 0.2) is 61.1 Å². The number of aryl methyl sites for hydroxylation is 1. The molecular formula is C29H23FN6O2. The Morgan fingerprint density at radius 2 is 1.92 bits per heavy atom. The minimum atomic E-state index is -0.636. The van der Waals surface area contributed by atoms with Gasteiger partial charge in [-0.15, -0.1) is 0 Å². The van der Waals surface area contributed by atoms with E-state index in [4.69, 9.17) is 0 Å². The number of nitrogens with zero attached hydrogens (tertiary/aromatic N) is 4. The number of amides is 2. The molecule has 2 aromatic carbocycles. The van der Waals surface area contributed by atoms with Crippen molar-refractivity contribution >= 4 is 34.8 Å². The molecule has 38 heavy (non-hydrogen) atoms. The zero-order valence-corrected chi connectivity index (χ0v) is 20.6. The van der Waals surface area contributed by atoms with Gasteiger partial charge in [0.05, 0.1) is 11.1 Å². The Balaban J connectivity index is 1.13. The zero-order chi connectivity index (χ0) is 26.0. The van der Waals surface area contributed by atoms with Crippen molar-refractivity contribution in [3.63, 3.8) is 0 Å². The Morgan fingerprint density at radius 3 is 2.82 bits per heavy atom. The van der Waals surface area contributed by atoms with Gasteiger partial charge in [-0.3, -0.25) is 9.59 Å². The molecule has 0 bridgehead atoms. The number of rotatable bonds is 3. The third-order valence-electron chi connectivity index (χ3n) is 7.84. The Morgan fingerprint density at radius 1 is 1.05 bits per heavy atom. The van der Waals surface area contributed by atoms with Crippen LogP contribution in [0.3, 0.4) is 0 Å². The van der Waals surface area contributed by atoms with Gasteiger partial charge in [0, 0.05) is 30.1 Å². The lowest BCUT2D eigenvalue weighted by Gasteiger charge is -2.20. The number of fused-ring (bicyclic) bond motifs is 4. The van der Waals surface area contributed by atoms with Crippen molar-refractivity contribution in [1.29, 1.82) is 0 Å². The summed E-state index contributed by atoms with van der Waals surface area (Å²) in [5.41, 5.74) is 5.64. The first-order valence-corrected chi connectivity index (χ1v) is 12.5. The van der Waals surface area contributed by atoms with Gasteiger partial charge in [0.2, 0.25) is 5.91 Å². The van der Waals surface area contributed by atoms with Crippen molar-refractivity contribution in [2.24, 2.45) is 0 Å². The Hall–Kier alpha value is -4.66. The van der Waals surface area contributed by atoms with Gasteiger partial charge in [-0.25, -0.2) is 19.3 Å². The highest BCUT2D eigenvalue weighted by Gasteiger charge is 2.51. The second kappa shape index (κ2) is 8.17. The number of anilines is 4. The molecule has 2 N–H and O–H groups in total. The molecule has 9 heteroatoms. The molecule has 1 aliphatic carbocycles. The summed E-state index contributed by atoms with van der Waals surface area (Å²) in [6.45, 7) is 2.20.